The van der Waals surface area contributed by atoms with E-state index in [-0.39, 0.29) is 33.2 Å². The van der Waals surface area contributed by atoms with Gasteiger partial charge in [0.05, 0.1) is 16.1 Å². The molecule has 0 saturated carbocycles. The highest BCUT2D eigenvalue weighted by molar-refractivity contribution is 9.10. The molecule has 0 radical (unpaired) electrons. The fourth-order valence-electron chi connectivity index (χ4n) is 4.30. The van der Waals surface area contributed by atoms with Crippen molar-refractivity contribution in [3.63, 3.8) is 0 Å². The summed E-state index contributed by atoms with van der Waals surface area (Å²) in [5, 5.41) is 0.754. The average molecular weight is 559 g/mol. The maximum absolute atomic E-state index is 15.1. The van der Waals surface area contributed by atoms with Crippen molar-refractivity contribution in [2.24, 2.45) is 0 Å². The highest BCUT2D eigenvalue weighted by atomic mass is 79.9. The number of likely N-dealkylation sites (tertiary alicyclic amines) is 1. The van der Waals surface area contributed by atoms with Crippen LogP contribution in [0.2, 0.25) is 5.02 Å². The van der Waals surface area contributed by atoms with Crippen molar-refractivity contribution in [2.45, 2.75) is 38.6 Å². The number of carbonyl (C=O) groups is 1. The number of halogens is 3. The number of likely N-dealkylation sites (N-methyl/N-ethyl adjacent to an activating group) is 1. The Morgan fingerprint density at radius 3 is 2.71 bits per heavy atom. The van der Waals surface area contributed by atoms with Gasteiger partial charge in [-0.15, -0.1) is 0 Å². The summed E-state index contributed by atoms with van der Waals surface area (Å²) in [6.07, 6.45) is 3.68. The zero-order chi connectivity index (χ0) is 24.2. The van der Waals surface area contributed by atoms with Crippen molar-refractivity contribution < 1.29 is 18.7 Å². The molecule has 0 bridgehead atoms. The first-order valence-corrected chi connectivity index (χ1v) is 12.9. The van der Waals surface area contributed by atoms with Gasteiger partial charge in [-0.25, -0.2) is 9.18 Å². The Morgan fingerprint density at radius 2 is 2.03 bits per heavy atom. The van der Waals surface area contributed by atoms with Gasteiger partial charge in [-0.2, -0.15) is 9.97 Å². The number of hydrogen-bond acceptors (Lipinski definition) is 7. The van der Waals surface area contributed by atoms with Gasteiger partial charge in [0.25, 0.3) is 0 Å². The number of amides is 1. The van der Waals surface area contributed by atoms with E-state index in [9.17, 15) is 4.79 Å². The summed E-state index contributed by atoms with van der Waals surface area (Å²) in [4.78, 5) is 27.3. The van der Waals surface area contributed by atoms with E-state index in [2.05, 4.69) is 44.8 Å². The van der Waals surface area contributed by atoms with Crippen molar-refractivity contribution in [3.05, 3.63) is 21.4 Å². The maximum atomic E-state index is 15.1. The molecule has 0 N–H and O–H groups in total. The van der Waals surface area contributed by atoms with Gasteiger partial charge in [0, 0.05) is 37.6 Å². The van der Waals surface area contributed by atoms with Crippen LogP contribution in [0.5, 0.6) is 6.01 Å². The van der Waals surface area contributed by atoms with Gasteiger partial charge >= 0.3 is 12.1 Å². The summed E-state index contributed by atoms with van der Waals surface area (Å²) in [5.74, 6) is -0.000741. The highest BCUT2D eigenvalue weighted by Crippen LogP contribution is 2.36. The minimum Gasteiger partial charge on any atom is -0.462 e. The predicted octanol–water partition coefficient (Wildman–Crippen LogP) is 4.72. The lowest BCUT2D eigenvalue weighted by Gasteiger charge is -2.35. The monoisotopic (exact) mass is 557 g/mol. The molecule has 1 aromatic carbocycles. The van der Waals surface area contributed by atoms with Crippen molar-refractivity contribution in [3.8, 4) is 6.01 Å². The maximum Gasteiger partial charge on any atom is 0.409 e. The van der Waals surface area contributed by atoms with Crippen LogP contribution in [-0.2, 0) is 4.74 Å². The Kier molecular flexibility index (Phi) is 8.31. The molecule has 1 unspecified atom stereocenters. The van der Waals surface area contributed by atoms with Crippen LogP contribution in [0.3, 0.4) is 0 Å². The summed E-state index contributed by atoms with van der Waals surface area (Å²) in [6, 6.07) is 2.09. The molecule has 34 heavy (non-hydrogen) atoms. The fraction of sp³-hybridized carbons (Fsp3) is 0.609. The number of anilines is 1. The molecule has 2 aromatic rings. The van der Waals surface area contributed by atoms with E-state index in [1.807, 2.05) is 4.90 Å². The third-order valence-electron chi connectivity index (χ3n) is 6.42. The van der Waals surface area contributed by atoms with E-state index in [1.165, 1.54) is 0 Å². The van der Waals surface area contributed by atoms with Gasteiger partial charge in [-0.3, -0.25) is 0 Å². The molecule has 1 amide bonds. The molecule has 4 rings (SSSR count). The second-order valence-electron chi connectivity index (χ2n) is 8.74. The zero-order valence-corrected chi connectivity index (χ0v) is 21.9. The van der Waals surface area contributed by atoms with Crippen LogP contribution >= 0.6 is 27.5 Å². The van der Waals surface area contributed by atoms with E-state index in [0.717, 1.165) is 32.2 Å². The van der Waals surface area contributed by atoms with E-state index in [1.54, 1.807) is 11.0 Å². The molecule has 11 heteroatoms. The Labute approximate surface area is 212 Å². The number of aromatic nitrogens is 2. The molecule has 0 aliphatic carbocycles. The molecule has 186 valence electrons. The summed E-state index contributed by atoms with van der Waals surface area (Å²) in [7, 11) is 2.07. The van der Waals surface area contributed by atoms with Crippen LogP contribution in [0, 0.1) is 5.82 Å². The zero-order valence-electron chi connectivity index (χ0n) is 19.5. The van der Waals surface area contributed by atoms with Crippen LogP contribution in [0.4, 0.5) is 15.0 Å². The molecule has 8 nitrogen and oxygen atoms in total. The van der Waals surface area contributed by atoms with Crippen molar-refractivity contribution in [1.82, 2.24) is 19.8 Å². The van der Waals surface area contributed by atoms with Gasteiger partial charge in [0.1, 0.15) is 17.9 Å². The lowest BCUT2D eigenvalue weighted by Crippen LogP contribution is -2.49. The quantitative estimate of drug-likeness (QED) is 0.360. The first kappa shape index (κ1) is 25.2. The minimum atomic E-state index is -0.549. The van der Waals surface area contributed by atoms with Crippen molar-refractivity contribution in [2.75, 3.05) is 57.9 Å². The lowest BCUT2D eigenvalue weighted by atomic mass is 10.2. The topological polar surface area (TPSA) is 71.0 Å². The SMILES string of the molecule is CCCCOC(=O)N1CCN(c2nc(OCC3CCCN3C)nc3c(F)c(Br)c(Cl)cc23)CC1. The van der Waals surface area contributed by atoms with E-state index in [4.69, 9.17) is 21.1 Å². The van der Waals surface area contributed by atoms with Gasteiger partial charge in [0.15, 0.2) is 5.82 Å². The van der Waals surface area contributed by atoms with Crippen molar-refractivity contribution in [1.29, 1.82) is 0 Å². The predicted molar refractivity (Wildman–Crippen MR) is 133 cm³/mol. The normalized spacial score (nSPS) is 19.1. The highest BCUT2D eigenvalue weighted by Gasteiger charge is 2.27. The average Bonchev–Trinajstić information content (AvgIpc) is 3.26. The first-order chi connectivity index (χ1) is 16.4. The van der Waals surface area contributed by atoms with E-state index >= 15 is 4.39 Å². The summed E-state index contributed by atoms with van der Waals surface area (Å²) in [6.45, 7) is 5.95. The number of benzene rings is 1. The molecule has 1 aromatic heterocycles. The molecular formula is C23H30BrClFN5O3. The summed E-state index contributed by atoms with van der Waals surface area (Å²) >= 11 is 9.47. The largest absolute Gasteiger partial charge is 0.462 e. The third-order valence-corrected chi connectivity index (χ3v) is 7.73. The smallest absolute Gasteiger partial charge is 0.409 e. The van der Waals surface area contributed by atoms with Gasteiger partial charge in [-0.05, 0) is 54.9 Å². The molecule has 2 saturated heterocycles. The minimum absolute atomic E-state index is 0.136. The van der Waals surface area contributed by atoms with Gasteiger partial charge in [-0.1, -0.05) is 24.9 Å². The van der Waals surface area contributed by atoms with Crippen LogP contribution in [-0.4, -0.2) is 84.9 Å². The number of hydrogen-bond donors (Lipinski definition) is 0. The second kappa shape index (κ2) is 11.2. The molecule has 2 fully saturated rings. The number of carbonyl (C=O) groups excluding carboxylic acids is 1. The summed E-state index contributed by atoms with van der Waals surface area (Å²) in [5.41, 5.74) is 0.150. The van der Waals surface area contributed by atoms with Crippen LogP contribution in [0.25, 0.3) is 10.9 Å². The molecule has 1 atom stereocenters. The van der Waals surface area contributed by atoms with E-state index < -0.39 is 5.82 Å². The number of rotatable bonds is 7. The number of fused-ring (bicyclic) bond motifs is 1. The number of nitrogens with zero attached hydrogens (tertiary/aromatic N) is 5. The summed E-state index contributed by atoms with van der Waals surface area (Å²) < 4.78 is 26.6. The van der Waals surface area contributed by atoms with Gasteiger partial charge in [0.2, 0.25) is 0 Å². The fourth-order valence-corrected chi connectivity index (χ4v) is 4.79. The van der Waals surface area contributed by atoms with E-state index in [0.29, 0.717) is 50.6 Å². The molecular weight excluding hydrogens is 529 g/mol. The third kappa shape index (κ3) is 5.49. The Hall–Kier alpha value is -1.91. The van der Waals surface area contributed by atoms with Crippen molar-refractivity contribution >= 4 is 50.3 Å². The number of ether oxygens (including phenoxy) is 2. The first-order valence-electron chi connectivity index (χ1n) is 11.7. The Morgan fingerprint density at radius 1 is 1.26 bits per heavy atom. The second-order valence-corrected chi connectivity index (χ2v) is 9.94. The van der Waals surface area contributed by atoms with Crippen LogP contribution < -0.4 is 9.64 Å². The molecule has 0 spiro atoms. The standard InChI is InChI=1S/C23H30BrClFN5O3/c1-3-4-12-33-23(32)31-10-8-30(9-11-31)21-16-13-17(25)18(24)19(26)20(16)27-22(28-21)34-14-15-6-5-7-29(15)2/h13,15H,3-12,14H2,1-2H3. The lowest BCUT2D eigenvalue weighted by molar-refractivity contribution is 0.0989. The van der Waals surface area contributed by atoms with Crippen LogP contribution in [0.1, 0.15) is 32.6 Å². The van der Waals surface area contributed by atoms with Crippen LogP contribution in [0.15, 0.2) is 10.5 Å². The molecule has 2 aliphatic rings. The Balaban J connectivity index is 1.56. The van der Waals surface area contributed by atoms with Gasteiger partial charge < -0.3 is 24.2 Å². The molecule has 3 heterocycles. The number of unbranched alkanes of at least 4 members (excludes halogenated alkanes) is 1. The number of piperazine rings is 1. The Bertz CT molecular complexity index is 1040. The molecule has 2 aliphatic heterocycles.